The van der Waals surface area contributed by atoms with E-state index >= 15 is 0 Å². The van der Waals surface area contributed by atoms with Crippen molar-refractivity contribution in [2.45, 2.75) is 25.7 Å². The van der Waals surface area contributed by atoms with Crippen molar-refractivity contribution in [1.82, 2.24) is 0 Å². The standard InChI is InChI=1S/C16H14FNO3S/c17-11-7-3-1-5-9(11)14(19)18-15-13(16(20)21)10-6-2-4-8-12(10)22-15/h1,3,5,7H,2,4,6,8H2,(H,18,19)(H,20,21)/p-1. The van der Waals surface area contributed by atoms with Gasteiger partial charge in [0.05, 0.1) is 11.5 Å². The number of nitrogens with one attached hydrogen (secondary N) is 1. The largest absolute Gasteiger partial charge is 0.545 e. The fraction of sp³-hybridized carbons (Fsp3) is 0.250. The summed E-state index contributed by atoms with van der Waals surface area (Å²) in [7, 11) is 0. The Bertz CT molecular complexity index is 754. The number of carboxylic acid groups (broad SMARTS) is 1. The fourth-order valence-corrected chi connectivity index (χ4v) is 3.96. The molecule has 0 atom stereocenters. The summed E-state index contributed by atoms with van der Waals surface area (Å²) in [6.45, 7) is 0. The van der Waals surface area contributed by atoms with Crippen molar-refractivity contribution >= 4 is 28.2 Å². The van der Waals surface area contributed by atoms with Gasteiger partial charge in [0.2, 0.25) is 0 Å². The van der Waals surface area contributed by atoms with Gasteiger partial charge in [0.25, 0.3) is 5.91 Å². The molecule has 0 radical (unpaired) electrons. The van der Waals surface area contributed by atoms with Crippen LogP contribution in [0.5, 0.6) is 0 Å². The third-order valence-electron chi connectivity index (χ3n) is 3.72. The molecule has 0 bridgehead atoms. The van der Waals surface area contributed by atoms with Gasteiger partial charge >= 0.3 is 0 Å². The van der Waals surface area contributed by atoms with Crippen LogP contribution < -0.4 is 10.4 Å². The lowest BCUT2D eigenvalue weighted by Crippen LogP contribution is -2.25. The van der Waals surface area contributed by atoms with Crippen molar-refractivity contribution < 1.29 is 19.1 Å². The molecule has 6 heteroatoms. The van der Waals surface area contributed by atoms with Gasteiger partial charge in [-0.15, -0.1) is 11.3 Å². The van der Waals surface area contributed by atoms with Crippen molar-refractivity contribution in [2.75, 3.05) is 5.32 Å². The Labute approximate surface area is 130 Å². The maximum atomic E-state index is 13.6. The number of thiophene rings is 1. The Kier molecular flexibility index (Phi) is 3.94. The molecule has 3 rings (SSSR count). The number of hydrogen-bond donors (Lipinski definition) is 1. The van der Waals surface area contributed by atoms with E-state index in [9.17, 15) is 19.1 Å². The van der Waals surface area contributed by atoms with Crippen LogP contribution >= 0.6 is 11.3 Å². The van der Waals surface area contributed by atoms with Gasteiger partial charge in [-0.1, -0.05) is 12.1 Å². The number of aromatic carboxylic acids is 1. The molecule has 0 saturated heterocycles. The molecule has 1 aromatic carbocycles. The number of anilines is 1. The topological polar surface area (TPSA) is 69.2 Å². The molecular weight excluding hydrogens is 305 g/mol. The molecular formula is C16H13FNO3S-. The van der Waals surface area contributed by atoms with Gasteiger partial charge in [-0.05, 0) is 43.4 Å². The minimum Gasteiger partial charge on any atom is -0.545 e. The van der Waals surface area contributed by atoms with Crippen LogP contribution in [0.4, 0.5) is 9.39 Å². The number of carboxylic acids is 1. The number of amides is 1. The first kappa shape index (κ1) is 14.7. The Balaban J connectivity index is 1.95. The highest BCUT2D eigenvalue weighted by atomic mass is 32.1. The van der Waals surface area contributed by atoms with Gasteiger partial charge in [0.15, 0.2) is 0 Å². The second-order valence-corrected chi connectivity index (χ2v) is 6.24. The molecule has 0 aliphatic heterocycles. The zero-order valence-corrected chi connectivity index (χ0v) is 12.5. The van der Waals surface area contributed by atoms with Crippen LogP contribution in [-0.4, -0.2) is 11.9 Å². The second kappa shape index (κ2) is 5.88. The average Bonchev–Trinajstić information content (AvgIpc) is 2.85. The summed E-state index contributed by atoms with van der Waals surface area (Å²) >= 11 is 1.24. The number of carbonyl (C=O) groups excluding carboxylic acids is 2. The van der Waals surface area contributed by atoms with E-state index in [0.717, 1.165) is 29.7 Å². The summed E-state index contributed by atoms with van der Waals surface area (Å²) in [5, 5.41) is 14.2. The molecule has 1 N–H and O–H groups in total. The summed E-state index contributed by atoms with van der Waals surface area (Å²) in [5.74, 6) is -2.60. The number of hydrogen-bond acceptors (Lipinski definition) is 4. The van der Waals surface area contributed by atoms with E-state index in [1.807, 2.05) is 0 Å². The van der Waals surface area contributed by atoms with Gasteiger partial charge in [0.1, 0.15) is 10.8 Å². The summed E-state index contributed by atoms with van der Waals surface area (Å²) < 4.78 is 13.6. The van der Waals surface area contributed by atoms with Crippen molar-refractivity contribution in [2.24, 2.45) is 0 Å². The predicted molar refractivity (Wildman–Crippen MR) is 79.6 cm³/mol. The Morgan fingerprint density at radius 2 is 1.91 bits per heavy atom. The number of halogens is 1. The molecule has 0 saturated carbocycles. The van der Waals surface area contributed by atoms with E-state index < -0.39 is 17.7 Å². The highest BCUT2D eigenvalue weighted by Crippen LogP contribution is 2.38. The molecule has 1 heterocycles. The van der Waals surface area contributed by atoms with Crippen LogP contribution in [0.1, 0.15) is 44.0 Å². The van der Waals surface area contributed by atoms with Crippen molar-refractivity contribution in [1.29, 1.82) is 0 Å². The van der Waals surface area contributed by atoms with E-state index in [1.165, 1.54) is 29.5 Å². The number of aryl methyl sites for hydroxylation is 1. The fourth-order valence-electron chi connectivity index (χ4n) is 2.69. The average molecular weight is 318 g/mol. The Hall–Kier alpha value is -2.21. The van der Waals surface area contributed by atoms with Crippen LogP contribution in [0.25, 0.3) is 0 Å². The predicted octanol–water partition coefficient (Wildman–Crippen LogP) is 2.38. The van der Waals surface area contributed by atoms with Crippen LogP contribution in [0.3, 0.4) is 0 Å². The minimum atomic E-state index is -1.30. The molecule has 114 valence electrons. The molecule has 1 aliphatic carbocycles. The lowest BCUT2D eigenvalue weighted by molar-refractivity contribution is -0.254. The van der Waals surface area contributed by atoms with Gasteiger partial charge in [0, 0.05) is 10.4 Å². The first-order valence-electron chi connectivity index (χ1n) is 6.99. The van der Waals surface area contributed by atoms with E-state index in [0.29, 0.717) is 6.42 Å². The highest BCUT2D eigenvalue weighted by molar-refractivity contribution is 7.17. The van der Waals surface area contributed by atoms with E-state index in [-0.39, 0.29) is 16.1 Å². The number of benzene rings is 1. The first-order valence-corrected chi connectivity index (χ1v) is 7.81. The molecule has 22 heavy (non-hydrogen) atoms. The van der Waals surface area contributed by atoms with Crippen LogP contribution in [0.2, 0.25) is 0 Å². The van der Waals surface area contributed by atoms with E-state index in [1.54, 1.807) is 6.07 Å². The first-order chi connectivity index (χ1) is 10.6. The Morgan fingerprint density at radius 1 is 1.18 bits per heavy atom. The van der Waals surface area contributed by atoms with Crippen LogP contribution in [-0.2, 0) is 12.8 Å². The van der Waals surface area contributed by atoms with E-state index in [2.05, 4.69) is 5.32 Å². The monoisotopic (exact) mass is 318 g/mol. The molecule has 0 spiro atoms. The Morgan fingerprint density at radius 3 is 2.64 bits per heavy atom. The molecule has 1 aliphatic rings. The van der Waals surface area contributed by atoms with Crippen LogP contribution in [0.15, 0.2) is 24.3 Å². The lowest BCUT2D eigenvalue weighted by atomic mass is 9.95. The third kappa shape index (κ3) is 2.62. The SMILES string of the molecule is O=C(Nc1sc2c(c1C(=O)[O-])CCCC2)c1ccccc1F. The number of fused-ring (bicyclic) bond motifs is 1. The molecule has 0 unspecified atom stereocenters. The third-order valence-corrected chi connectivity index (χ3v) is 4.93. The summed E-state index contributed by atoms with van der Waals surface area (Å²) in [4.78, 5) is 24.5. The quantitative estimate of drug-likeness (QED) is 0.944. The molecule has 1 aromatic heterocycles. The summed E-state index contributed by atoms with van der Waals surface area (Å²) in [6.07, 6.45) is 3.39. The maximum Gasteiger partial charge on any atom is 0.259 e. The zero-order valence-electron chi connectivity index (χ0n) is 11.6. The summed E-state index contributed by atoms with van der Waals surface area (Å²) in [5.41, 5.74) is 0.683. The molecule has 0 fully saturated rings. The lowest BCUT2D eigenvalue weighted by Gasteiger charge is -2.13. The van der Waals surface area contributed by atoms with Gasteiger partial charge < -0.3 is 15.2 Å². The van der Waals surface area contributed by atoms with Gasteiger partial charge in [-0.2, -0.15) is 0 Å². The smallest absolute Gasteiger partial charge is 0.259 e. The van der Waals surface area contributed by atoms with Crippen molar-refractivity contribution in [3.8, 4) is 0 Å². The number of rotatable bonds is 3. The van der Waals surface area contributed by atoms with Crippen LogP contribution in [0, 0.1) is 5.82 Å². The normalized spacial score (nSPS) is 13.5. The second-order valence-electron chi connectivity index (χ2n) is 5.14. The van der Waals surface area contributed by atoms with E-state index in [4.69, 9.17) is 0 Å². The number of carbonyl (C=O) groups is 2. The van der Waals surface area contributed by atoms with Crippen molar-refractivity contribution in [3.05, 3.63) is 51.7 Å². The zero-order chi connectivity index (χ0) is 15.7. The van der Waals surface area contributed by atoms with Crippen molar-refractivity contribution in [3.63, 3.8) is 0 Å². The van der Waals surface area contributed by atoms with Gasteiger partial charge in [-0.3, -0.25) is 4.79 Å². The minimum absolute atomic E-state index is 0.0457. The highest BCUT2D eigenvalue weighted by Gasteiger charge is 2.23. The molecule has 4 nitrogen and oxygen atoms in total. The maximum absolute atomic E-state index is 13.6. The van der Waals surface area contributed by atoms with Gasteiger partial charge in [-0.25, -0.2) is 4.39 Å². The molecule has 2 aromatic rings. The summed E-state index contributed by atoms with van der Waals surface area (Å²) in [6, 6.07) is 5.59. The molecule has 1 amide bonds.